The second-order valence-corrected chi connectivity index (χ2v) is 3.57. The van der Waals surface area contributed by atoms with Gasteiger partial charge in [0.25, 0.3) is 0 Å². The van der Waals surface area contributed by atoms with Gasteiger partial charge in [-0.2, -0.15) is 0 Å². The topological polar surface area (TPSA) is 124 Å². The molecule has 1 aromatic carbocycles. The molecule has 1 aromatic rings. The van der Waals surface area contributed by atoms with E-state index in [0.29, 0.717) is 0 Å². The van der Waals surface area contributed by atoms with Crippen LogP contribution in [0, 0.1) is 0 Å². The van der Waals surface area contributed by atoms with Crippen LogP contribution in [-0.4, -0.2) is 39.3 Å². The molecule has 1 atom stereocenters. The lowest BCUT2D eigenvalue weighted by atomic mass is 10.1. The summed E-state index contributed by atoms with van der Waals surface area (Å²) in [6.07, 6.45) is 0. The number of nitrogens with one attached hydrogen (secondary N) is 1. The molecule has 0 spiro atoms. The van der Waals surface area contributed by atoms with Gasteiger partial charge < -0.3 is 20.6 Å². The summed E-state index contributed by atoms with van der Waals surface area (Å²) in [5.74, 6) is -3.85. The molecule has 0 bridgehead atoms. The number of aliphatic carboxylic acids is 1. The van der Waals surface area contributed by atoms with Crippen molar-refractivity contribution in [2.45, 2.75) is 13.0 Å². The molecule has 0 radical (unpaired) electrons. The highest BCUT2D eigenvalue weighted by atomic mass is 16.4. The first-order chi connectivity index (χ1) is 8.32. The van der Waals surface area contributed by atoms with Gasteiger partial charge in [-0.3, -0.25) is 4.79 Å². The van der Waals surface area contributed by atoms with Crippen molar-refractivity contribution in [3.8, 4) is 0 Å². The maximum absolute atomic E-state index is 10.9. The number of rotatable bonds is 5. The Kier molecular flexibility index (Phi) is 3.88. The van der Waals surface area contributed by atoms with Crippen molar-refractivity contribution in [3.05, 3.63) is 29.3 Å². The van der Waals surface area contributed by atoms with E-state index in [2.05, 4.69) is 5.32 Å². The molecular formula is C11H11NO6. The number of carboxylic acid groups (broad SMARTS) is 3. The average Bonchev–Trinajstić information content (AvgIpc) is 2.28. The van der Waals surface area contributed by atoms with Gasteiger partial charge in [0.05, 0.1) is 11.1 Å². The molecule has 1 rings (SSSR count). The van der Waals surface area contributed by atoms with Gasteiger partial charge in [-0.1, -0.05) is 0 Å². The third kappa shape index (κ3) is 2.97. The lowest BCUT2D eigenvalue weighted by Crippen LogP contribution is -2.25. The minimum Gasteiger partial charge on any atom is -0.480 e. The first kappa shape index (κ1) is 13.5. The number of aromatic carboxylic acids is 2. The number of hydrogen-bond acceptors (Lipinski definition) is 4. The van der Waals surface area contributed by atoms with Crippen LogP contribution in [0.1, 0.15) is 27.6 Å². The van der Waals surface area contributed by atoms with Gasteiger partial charge >= 0.3 is 17.9 Å². The Labute approximate surface area is 102 Å². The molecule has 0 saturated heterocycles. The van der Waals surface area contributed by atoms with Crippen LogP contribution < -0.4 is 5.32 Å². The molecule has 0 fully saturated rings. The van der Waals surface area contributed by atoms with E-state index >= 15 is 0 Å². The molecule has 7 nitrogen and oxygen atoms in total. The summed E-state index contributed by atoms with van der Waals surface area (Å²) in [5, 5.41) is 28.9. The second-order valence-electron chi connectivity index (χ2n) is 3.57. The average molecular weight is 253 g/mol. The van der Waals surface area contributed by atoms with Crippen molar-refractivity contribution >= 4 is 23.6 Å². The van der Waals surface area contributed by atoms with Gasteiger partial charge in [-0.25, -0.2) is 9.59 Å². The molecule has 0 amide bonds. The third-order valence-corrected chi connectivity index (χ3v) is 2.23. The van der Waals surface area contributed by atoms with Gasteiger partial charge in [0.1, 0.15) is 6.04 Å². The minimum absolute atomic E-state index is 0.229. The SMILES string of the molecule is CC(Nc1ccc(C(=O)O)c(C(=O)O)c1)C(=O)O. The molecule has 18 heavy (non-hydrogen) atoms. The van der Waals surface area contributed by atoms with Gasteiger partial charge in [0.15, 0.2) is 0 Å². The van der Waals surface area contributed by atoms with Crippen LogP contribution in [0.4, 0.5) is 5.69 Å². The summed E-state index contributed by atoms with van der Waals surface area (Å²) in [6.45, 7) is 1.38. The van der Waals surface area contributed by atoms with Gasteiger partial charge in [0.2, 0.25) is 0 Å². The van der Waals surface area contributed by atoms with E-state index in [1.165, 1.54) is 13.0 Å². The molecule has 0 aliphatic heterocycles. The first-order valence-electron chi connectivity index (χ1n) is 4.93. The Morgan fingerprint density at radius 1 is 1.06 bits per heavy atom. The summed E-state index contributed by atoms with van der Waals surface area (Å²) in [6, 6.07) is 2.60. The Morgan fingerprint density at radius 3 is 2.06 bits per heavy atom. The van der Waals surface area contributed by atoms with Crippen molar-refractivity contribution in [3.63, 3.8) is 0 Å². The van der Waals surface area contributed by atoms with Crippen LogP contribution in [0.2, 0.25) is 0 Å². The van der Waals surface area contributed by atoms with E-state index in [4.69, 9.17) is 15.3 Å². The zero-order valence-corrected chi connectivity index (χ0v) is 9.38. The van der Waals surface area contributed by atoms with E-state index in [1.807, 2.05) is 0 Å². The molecule has 4 N–H and O–H groups in total. The van der Waals surface area contributed by atoms with Crippen molar-refractivity contribution in [1.82, 2.24) is 0 Å². The van der Waals surface area contributed by atoms with E-state index in [9.17, 15) is 14.4 Å². The van der Waals surface area contributed by atoms with Crippen molar-refractivity contribution < 1.29 is 29.7 Å². The molecule has 1 unspecified atom stereocenters. The number of hydrogen-bond donors (Lipinski definition) is 4. The Balaban J connectivity index is 3.11. The monoisotopic (exact) mass is 253 g/mol. The second kappa shape index (κ2) is 5.17. The van der Waals surface area contributed by atoms with E-state index < -0.39 is 29.5 Å². The highest BCUT2D eigenvalue weighted by Crippen LogP contribution is 2.17. The predicted molar refractivity (Wildman–Crippen MR) is 61.1 cm³/mol. The fraction of sp³-hybridized carbons (Fsp3) is 0.182. The molecular weight excluding hydrogens is 242 g/mol. The lowest BCUT2D eigenvalue weighted by molar-refractivity contribution is -0.137. The zero-order chi connectivity index (χ0) is 13.9. The minimum atomic E-state index is -1.39. The zero-order valence-electron chi connectivity index (χ0n) is 9.38. The molecule has 0 aliphatic rings. The number of carbonyl (C=O) groups is 3. The molecule has 7 heteroatoms. The van der Waals surface area contributed by atoms with Crippen molar-refractivity contribution in [2.24, 2.45) is 0 Å². The summed E-state index contributed by atoms with van der Waals surface area (Å²) < 4.78 is 0. The molecule has 96 valence electrons. The van der Waals surface area contributed by atoms with Crippen LogP contribution in [-0.2, 0) is 4.79 Å². The van der Waals surface area contributed by atoms with Crippen LogP contribution >= 0.6 is 0 Å². The molecule has 0 aliphatic carbocycles. The van der Waals surface area contributed by atoms with Crippen LogP contribution in [0.5, 0.6) is 0 Å². The smallest absolute Gasteiger partial charge is 0.336 e. The quantitative estimate of drug-likeness (QED) is 0.616. The summed E-state index contributed by atoms with van der Waals surface area (Å²) in [4.78, 5) is 32.3. The van der Waals surface area contributed by atoms with Crippen LogP contribution in [0.3, 0.4) is 0 Å². The molecule has 0 aromatic heterocycles. The number of benzene rings is 1. The van der Waals surface area contributed by atoms with E-state index in [-0.39, 0.29) is 11.3 Å². The summed E-state index contributed by atoms with van der Waals surface area (Å²) in [5.41, 5.74) is -0.520. The highest BCUT2D eigenvalue weighted by Gasteiger charge is 2.17. The van der Waals surface area contributed by atoms with Crippen molar-refractivity contribution in [1.29, 1.82) is 0 Å². The lowest BCUT2D eigenvalue weighted by Gasteiger charge is -2.12. The number of anilines is 1. The van der Waals surface area contributed by atoms with Gasteiger partial charge in [0, 0.05) is 5.69 Å². The van der Waals surface area contributed by atoms with E-state index in [1.54, 1.807) is 0 Å². The maximum atomic E-state index is 10.9. The van der Waals surface area contributed by atoms with Crippen LogP contribution in [0.15, 0.2) is 18.2 Å². The van der Waals surface area contributed by atoms with Crippen LogP contribution in [0.25, 0.3) is 0 Å². The molecule has 0 saturated carbocycles. The number of carboxylic acids is 3. The predicted octanol–water partition coefficient (Wildman–Crippen LogP) is 0.968. The highest BCUT2D eigenvalue weighted by molar-refractivity contribution is 6.02. The Hall–Kier alpha value is -2.57. The van der Waals surface area contributed by atoms with Crippen molar-refractivity contribution in [2.75, 3.05) is 5.32 Å². The normalized spacial score (nSPS) is 11.6. The maximum Gasteiger partial charge on any atom is 0.336 e. The summed E-state index contributed by atoms with van der Waals surface area (Å²) >= 11 is 0. The first-order valence-corrected chi connectivity index (χ1v) is 4.93. The fourth-order valence-electron chi connectivity index (χ4n) is 1.31. The van der Waals surface area contributed by atoms with Gasteiger partial charge in [-0.05, 0) is 25.1 Å². The standard InChI is InChI=1S/C11H11NO6/c1-5(9(13)14)12-6-2-3-7(10(15)16)8(4-6)11(17)18/h2-5,12H,1H3,(H,13,14)(H,15,16)(H,17,18). The van der Waals surface area contributed by atoms with E-state index in [0.717, 1.165) is 12.1 Å². The van der Waals surface area contributed by atoms with Gasteiger partial charge in [-0.15, -0.1) is 0 Å². The fourth-order valence-corrected chi connectivity index (χ4v) is 1.31. The Bertz CT molecular complexity index is 510. The Morgan fingerprint density at radius 2 is 1.61 bits per heavy atom. The largest absolute Gasteiger partial charge is 0.480 e. The summed E-state index contributed by atoms with van der Waals surface area (Å²) in [7, 11) is 0. The third-order valence-electron chi connectivity index (χ3n) is 2.23. The molecule has 0 heterocycles.